The average Bonchev–Trinajstić information content (AvgIpc) is 2.75. The topological polar surface area (TPSA) is 53.4 Å². The number of aliphatic carboxylic acids is 1. The summed E-state index contributed by atoms with van der Waals surface area (Å²) in [5.74, 6) is -0.700. The normalized spacial score (nSPS) is 22.9. The van der Waals surface area contributed by atoms with Crippen molar-refractivity contribution < 1.29 is 9.90 Å². The van der Waals surface area contributed by atoms with E-state index >= 15 is 0 Å². The van der Waals surface area contributed by atoms with Crippen LogP contribution in [0.2, 0.25) is 0 Å². The van der Waals surface area contributed by atoms with Crippen LogP contribution in [0.15, 0.2) is 5.38 Å². The van der Waals surface area contributed by atoms with Gasteiger partial charge in [-0.05, 0) is 33.2 Å². The van der Waals surface area contributed by atoms with Crippen LogP contribution in [0.1, 0.15) is 49.4 Å². The zero-order chi connectivity index (χ0) is 13.1. The largest absolute Gasteiger partial charge is 0.481 e. The number of piperidine rings is 1. The van der Waals surface area contributed by atoms with Crippen LogP contribution in [-0.2, 0) is 4.79 Å². The maximum absolute atomic E-state index is 10.9. The first-order chi connectivity index (χ1) is 8.58. The van der Waals surface area contributed by atoms with Gasteiger partial charge >= 0.3 is 5.97 Å². The fourth-order valence-electron chi connectivity index (χ4n) is 2.70. The van der Waals surface area contributed by atoms with Crippen molar-refractivity contribution in [2.45, 2.75) is 51.6 Å². The number of hydrogen-bond acceptors (Lipinski definition) is 4. The molecule has 0 saturated carbocycles. The van der Waals surface area contributed by atoms with Crippen molar-refractivity contribution in [1.29, 1.82) is 0 Å². The zero-order valence-electron chi connectivity index (χ0n) is 10.9. The molecule has 2 heterocycles. The Hall–Kier alpha value is -0.940. The Balaban J connectivity index is 2.10. The molecule has 18 heavy (non-hydrogen) atoms. The molecule has 2 unspecified atom stereocenters. The number of carboxylic acids is 1. The summed E-state index contributed by atoms with van der Waals surface area (Å²) < 4.78 is 0. The van der Waals surface area contributed by atoms with Crippen LogP contribution in [0.5, 0.6) is 0 Å². The molecule has 1 saturated heterocycles. The lowest BCUT2D eigenvalue weighted by molar-refractivity contribution is -0.139. The van der Waals surface area contributed by atoms with Gasteiger partial charge in [0.2, 0.25) is 0 Å². The van der Waals surface area contributed by atoms with E-state index in [1.54, 1.807) is 11.3 Å². The first kappa shape index (κ1) is 13.5. The lowest BCUT2D eigenvalue weighted by atomic mass is 9.97. The van der Waals surface area contributed by atoms with Gasteiger partial charge in [0.1, 0.15) is 0 Å². The van der Waals surface area contributed by atoms with Crippen LogP contribution in [0.3, 0.4) is 0 Å². The Kier molecular flexibility index (Phi) is 4.35. The monoisotopic (exact) mass is 268 g/mol. The Labute approximate surface area is 112 Å². The van der Waals surface area contributed by atoms with Crippen LogP contribution in [0.25, 0.3) is 0 Å². The van der Waals surface area contributed by atoms with Crippen molar-refractivity contribution in [3.63, 3.8) is 0 Å². The molecule has 1 aromatic heterocycles. The predicted molar refractivity (Wildman–Crippen MR) is 71.9 cm³/mol. The van der Waals surface area contributed by atoms with E-state index in [1.807, 2.05) is 6.92 Å². The molecule has 0 aliphatic carbocycles. The highest BCUT2D eigenvalue weighted by molar-refractivity contribution is 7.09. The van der Waals surface area contributed by atoms with Crippen molar-refractivity contribution in [3.05, 3.63) is 16.1 Å². The quantitative estimate of drug-likeness (QED) is 0.912. The van der Waals surface area contributed by atoms with Crippen molar-refractivity contribution in [1.82, 2.24) is 9.88 Å². The van der Waals surface area contributed by atoms with Gasteiger partial charge in [-0.1, -0.05) is 6.42 Å². The first-order valence-electron chi connectivity index (χ1n) is 6.47. The molecule has 0 bridgehead atoms. The first-order valence-corrected chi connectivity index (χ1v) is 7.35. The van der Waals surface area contributed by atoms with Gasteiger partial charge in [0.25, 0.3) is 0 Å². The SMILES string of the molecule is Cc1nc(C(C)N2CCCCC2CC(=O)O)cs1. The van der Waals surface area contributed by atoms with Crippen molar-refractivity contribution in [2.75, 3.05) is 6.54 Å². The Morgan fingerprint density at radius 3 is 3.06 bits per heavy atom. The fourth-order valence-corrected chi connectivity index (χ4v) is 3.39. The molecule has 2 rings (SSSR count). The predicted octanol–water partition coefficient (Wildman–Crippen LogP) is 2.84. The number of rotatable bonds is 4. The van der Waals surface area contributed by atoms with Crippen molar-refractivity contribution in [2.24, 2.45) is 0 Å². The number of nitrogens with zero attached hydrogens (tertiary/aromatic N) is 2. The maximum atomic E-state index is 10.9. The molecule has 100 valence electrons. The minimum atomic E-state index is -0.700. The molecular weight excluding hydrogens is 248 g/mol. The molecule has 1 aliphatic rings. The second kappa shape index (κ2) is 5.80. The third-order valence-corrected chi connectivity index (χ3v) is 4.44. The molecule has 4 nitrogen and oxygen atoms in total. The second-order valence-corrected chi connectivity index (χ2v) is 6.01. The molecular formula is C13H20N2O2S. The summed E-state index contributed by atoms with van der Waals surface area (Å²) in [4.78, 5) is 17.8. The highest BCUT2D eigenvalue weighted by Gasteiger charge is 2.29. The lowest BCUT2D eigenvalue weighted by Gasteiger charge is -2.38. The molecule has 0 radical (unpaired) electrons. The zero-order valence-corrected chi connectivity index (χ0v) is 11.7. The van der Waals surface area contributed by atoms with Crippen LogP contribution < -0.4 is 0 Å². The van der Waals surface area contributed by atoms with Gasteiger partial charge in [0, 0.05) is 11.4 Å². The minimum absolute atomic E-state index is 0.160. The van der Waals surface area contributed by atoms with Gasteiger partial charge in [0.15, 0.2) is 0 Å². The van der Waals surface area contributed by atoms with E-state index in [0.717, 1.165) is 36.5 Å². The van der Waals surface area contributed by atoms with E-state index in [2.05, 4.69) is 22.2 Å². The summed E-state index contributed by atoms with van der Waals surface area (Å²) in [6.45, 7) is 5.12. The van der Waals surface area contributed by atoms with Gasteiger partial charge in [-0.3, -0.25) is 9.69 Å². The number of thiazole rings is 1. The molecule has 0 spiro atoms. The molecule has 1 N–H and O–H groups in total. The number of aryl methyl sites for hydroxylation is 1. The third kappa shape index (κ3) is 3.09. The van der Waals surface area contributed by atoms with Crippen molar-refractivity contribution >= 4 is 17.3 Å². The Bertz CT molecular complexity index is 419. The van der Waals surface area contributed by atoms with E-state index in [-0.39, 0.29) is 18.5 Å². The smallest absolute Gasteiger partial charge is 0.304 e. The number of likely N-dealkylation sites (tertiary alicyclic amines) is 1. The van der Waals surface area contributed by atoms with Crippen LogP contribution in [0, 0.1) is 6.92 Å². The maximum Gasteiger partial charge on any atom is 0.304 e. The van der Waals surface area contributed by atoms with Gasteiger partial charge in [-0.25, -0.2) is 4.98 Å². The highest BCUT2D eigenvalue weighted by atomic mass is 32.1. The Morgan fingerprint density at radius 1 is 1.67 bits per heavy atom. The fraction of sp³-hybridized carbons (Fsp3) is 0.692. The number of hydrogen-bond donors (Lipinski definition) is 1. The standard InChI is InChI=1S/C13H20N2O2S/c1-9(12-8-18-10(2)14-12)15-6-4-3-5-11(15)7-13(16)17/h8-9,11H,3-7H2,1-2H3,(H,16,17). The lowest BCUT2D eigenvalue weighted by Crippen LogP contribution is -2.42. The molecule has 5 heteroatoms. The average molecular weight is 268 g/mol. The molecule has 2 atom stereocenters. The molecule has 0 amide bonds. The van der Waals surface area contributed by atoms with Crippen LogP contribution in [0.4, 0.5) is 0 Å². The van der Waals surface area contributed by atoms with Crippen LogP contribution in [-0.4, -0.2) is 33.5 Å². The molecule has 1 fully saturated rings. The number of aromatic nitrogens is 1. The molecule has 1 aliphatic heterocycles. The van der Waals surface area contributed by atoms with Gasteiger partial charge in [0.05, 0.1) is 23.2 Å². The summed E-state index contributed by atoms with van der Waals surface area (Å²) in [5.41, 5.74) is 1.08. The Morgan fingerprint density at radius 2 is 2.44 bits per heavy atom. The number of carboxylic acid groups (broad SMARTS) is 1. The summed E-state index contributed by atoms with van der Waals surface area (Å²) >= 11 is 1.66. The van der Waals surface area contributed by atoms with Gasteiger partial charge in [-0.15, -0.1) is 11.3 Å². The van der Waals surface area contributed by atoms with E-state index in [9.17, 15) is 4.79 Å². The second-order valence-electron chi connectivity index (χ2n) is 4.95. The van der Waals surface area contributed by atoms with E-state index < -0.39 is 5.97 Å². The molecule has 0 aromatic carbocycles. The van der Waals surface area contributed by atoms with Gasteiger partial charge < -0.3 is 5.11 Å². The summed E-state index contributed by atoms with van der Waals surface area (Å²) in [5, 5.41) is 12.2. The van der Waals surface area contributed by atoms with E-state index in [4.69, 9.17) is 5.11 Å². The van der Waals surface area contributed by atoms with E-state index in [1.165, 1.54) is 0 Å². The number of carbonyl (C=O) groups is 1. The minimum Gasteiger partial charge on any atom is -0.481 e. The summed E-state index contributed by atoms with van der Waals surface area (Å²) in [6, 6.07) is 0.382. The highest BCUT2D eigenvalue weighted by Crippen LogP contribution is 2.30. The van der Waals surface area contributed by atoms with Crippen molar-refractivity contribution in [3.8, 4) is 0 Å². The van der Waals surface area contributed by atoms with Crippen LogP contribution >= 0.6 is 11.3 Å². The summed E-state index contributed by atoms with van der Waals surface area (Å²) in [6.07, 6.45) is 3.52. The summed E-state index contributed by atoms with van der Waals surface area (Å²) in [7, 11) is 0. The third-order valence-electron chi connectivity index (χ3n) is 3.65. The van der Waals surface area contributed by atoms with Gasteiger partial charge in [-0.2, -0.15) is 0 Å². The van der Waals surface area contributed by atoms with E-state index in [0.29, 0.717) is 0 Å². The molecule has 1 aromatic rings.